The summed E-state index contributed by atoms with van der Waals surface area (Å²) >= 11 is 0. The highest BCUT2D eigenvalue weighted by molar-refractivity contribution is 5.95. The van der Waals surface area contributed by atoms with E-state index >= 15 is 0 Å². The van der Waals surface area contributed by atoms with Crippen LogP contribution in [0.2, 0.25) is 0 Å². The lowest BCUT2D eigenvalue weighted by molar-refractivity contribution is -0.128. The quantitative estimate of drug-likeness (QED) is 0.710. The van der Waals surface area contributed by atoms with Crippen molar-refractivity contribution in [3.05, 3.63) is 36.0 Å². The lowest BCUT2D eigenvalue weighted by Crippen LogP contribution is -2.42. The monoisotopic (exact) mass is 412 g/mol. The van der Waals surface area contributed by atoms with Crippen molar-refractivity contribution in [2.45, 2.75) is 26.2 Å². The molecular weight excluding hydrogens is 384 g/mol. The number of ether oxygens (including phenoxy) is 1. The smallest absolute Gasteiger partial charge is 0.257 e. The number of hydrogen-bond donors (Lipinski definition) is 0. The molecule has 1 atom stereocenters. The van der Waals surface area contributed by atoms with E-state index in [0.29, 0.717) is 36.9 Å². The van der Waals surface area contributed by atoms with Gasteiger partial charge in [-0.1, -0.05) is 0 Å². The summed E-state index contributed by atoms with van der Waals surface area (Å²) in [7, 11) is 1.84. The molecule has 2 fully saturated rings. The third-order valence-corrected chi connectivity index (χ3v) is 6.15. The SMILES string of the molecule is Cc1c(C(=O)N2CCC(CN3CC(COc4cnccn4)CC3=O)CC2)cnn1C. The van der Waals surface area contributed by atoms with E-state index in [9.17, 15) is 9.59 Å². The third kappa shape index (κ3) is 4.44. The number of carbonyl (C=O) groups is 2. The minimum Gasteiger partial charge on any atom is -0.476 e. The predicted octanol–water partition coefficient (Wildman–Crippen LogP) is 1.30. The average Bonchev–Trinajstić information content (AvgIpc) is 3.29. The maximum absolute atomic E-state index is 12.8. The molecule has 0 aliphatic carbocycles. The molecule has 4 rings (SSSR count). The van der Waals surface area contributed by atoms with Gasteiger partial charge in [-0.3, -0.25) is 19.3 Å². The van der Waals surface area contributed by atoms with Crippen molar-refractivity contribution in [2.75, 3.05) is 32.8 Å². The number of nitrogens with zero attached hydrogens (tertiary/aromatic N) is 6. The van der Waals surface area contributed by atoms with Crippen LogP contribution < -0.4 is 4.74 Å². The molecule has 30 heavy (non-hydrogen) atoms. The largest absolute Gasteiger partial charge is 0.476 e. The highest BCUT2D eigenvalue weighted by Crippen LogP contribution is 2.25. The predicted molar refractivity (Wildman–Crippen MR) is 109 cm³/mol. The molecule has 4 heterocycles. The van der Waals surface area contributed by atoms with Crippen molar-refractivity contribution in [2.24, 2.45) is 18.9 Å². The van der Waals surface area contributed by atoms with E-state index in [2.05, 4.69) is 15.1 Å². The van der Waals surface area contributed by atoms with Crippen LogP contribution in [0.4, 0.5) is 0 Å². The van der Waals surface area contributed by atoms with Crippen LogP contribution in [0.5, 0.6) is 5.88 Å². The Morgan fingerprint density at radius 2 is 2.00 bits per heavy atom. The summed E-state index contributed by atoms with van der Waals surface area (Å²) in [6, 6.07) is 0. The van der Waals surface area contributed by atoms with Gasteiger partial charge in [0.25, 0.3) is 5.91 Å². The van der Waals surface area contributed by atoms with E-state index in [0.717, 1.165) is 38.2 Å². The molecule has 2 aromatic rings. The Hall–Kier alpha value is -2.97. The normalized spacial score (nSPS) is 20.1. The molecule has 9 nitrogen and oxygen atoms in total. The fourth-order valence-electron chi connectivity index (χ4n) is 4.21. The minimum atomic E-state index is 0.0533. The van der Waals surface area contributed by atoms with Gasteiger partial charge in [0.2, 0.25) is 11.8 Å². The first-order valence-electron chi connectivity index (χ1n) is 10.5. The van der Waals surface area contributed by atoms with Crippen molar-refractivity contribution < 1.29 is 14.3 Å². The molecule has 0 radical (unpaired) electrons. The Kier molecular flexibility index (Phi) is 5.96. The van der Waals surface area contributed by atoms with Gasteiger partial charge in [-0.2, -0.15) is 5.10 Å². The van der Waals surface area contributed by atoms with Gasteiger partial charge in [-0.25, -0.2) is 4.98 Å². The second kappa shape index (κ2) is 8.81. The van der Waals surface area contributed by atoms with Gasteiger partial charge < -0.3 is 14.5 Å². The van der Waals surface area contributed by atoms with E-state index in [4.69, 9.17) is 4.74 Å². The fourth-order valence-corrected chi connectivity index (χ4v) is 4.21. The standard InChI is InChI=1S/C21H28N6O3/c1-15-18(10-24-25(15)2)21(29)26-7-3-16(4-8-26)12-27-13-17(9-20(27)28)14-30-19-11-22-5-6-23-19/h5-6,10-11,16-17H,3-4,7-9,12-14H2,1-2H3. The van der Waals surface area contributed by atoms with Gasteiger partial charge in [0.15, 0.2) is 0 Å². The Balaban J connectivity index is 1.23. The molecule has 2 aromatic heterocycles. The van der Waals surface area contributed by atoms with Crippen molar-refractivity contribution in [3.63, 3.8) is 0 Å². The van der Waals surface area contributed by atoms with Gasteiger partial charge in [-0.15, -0.1) is 0 Å². The van der Waals surface area contributed by atoms with E-state index in [1.807, 2.05) is 23.8 Å². The van der Waals surface area contributed by atoms with Crippen LogP contribution in [0, 0.1) is 18.8 Å². The molecule has 0 N–H and O–H groups in total. The van der Waals surface area contributed by atoms with Crippen LogP contribution in [0.15, 0.2) is 24.8 Å². The number of aryl methyl sites for hydroxylation is 1. The number of aromatic nitrogens is 4. The van der Waals surface area contributed by atoms with E-state index in [1.165, 1.54) is 0 Å². The molecule has 0 saturated carbocycles. The maximum atomic E-state index is 12.8. The van der Waals surface area contributed by atoms with Crippen LogP contribution in [0.3, 0.4) is 0 Å². The molecule has 2 amide bonds. The summed E-state index contributed by atoms with van der Waals surface area (Å²) in [5, 5.41) is 4.17. The van der Waals surface area contributed by atoms with Gasteiger partial charge in [0.05, 0.1) is 24.6 Å². The van der Waals surface area contributed by atoms with Crippen LogP contribution in [0.1, 0.15) is 35.3 Å². The number of likely N-dealkylation sites (tertiary alicyclic amines) is 2. The molecule has 2 aliphatic rings. The summed E-state index contributed by atoms with van der Waals surface area (Å²) in [4.78, 5) is 37.1. The van der Waals surface area contributed by atoms with Crippen LogP contribution in [-0.2, 0) is 11.8 Å². The van der Waals surface area contributed by atoms with E-state index < -0.39 is 0 Å². The van der Waals surface area contributed by atoms with Gasteiger partial charge in [-0.05, 0) is 25.7 Å². The number of hydrogen-bond acceptors (Lipinski definition) is 6. The zero-order valence-electron chi connectivity index (χ0n) is 17.5. The summed E-state index contributed by atoms with van der Waals surface area (Å²) in [5.74, 6) is 1.33. The van der Waals surface area contributed by atoms with Crippen LogP contribution in [-0.4, -0.2) is 74.1 Å². The van der Waals surface area contributed by atoms with Crippen molar-refractivity contribution >= 4 is 11.8 Å². The molecule has 0 bridgehead atoms. The first kappa shape index (κ1) is 20.3. The second-order valence-electron chi connectivity index (χ2n) is 8.23. The summed E-state index contributed by atoms with van der Waals surface area (Å²) in [6.07, 6.45) is 8.76. The van der Waals surface area contributed by atoms with Crippen LogP contribution >= 0.6 is 0 Å². The van der Waals surface area contributed by atoms with Crippen molar-refractivity contribution in [3.8, 4) is 5.88 Å². The molecule has 1 unspecified atom stereocenters. The summed E-state index contributed by atoms with van der Waals surface area (Å²) in [6.45, 7) is 5.30. The van der Waals surface area contributed by atoms with Gasteiger partial charge >= 0.3 is 0 Å². The van der Waals surface area contributed by atoms with Crippen LogP contribution in [0.25, 0.3) is 0 Å². The van der Waals surface area contributed by atoms with E-state index in [-0.39, 0.29) is 17.7 Å². The molecule has 0 aromatic carbocycles. The van der Waals surface area contributed by atoms with Gasteiger partial charge in [0, 0.05) is 63.7 Å². The number of piperidine rings is 1. The highest BCUT2D eigenvalue weighted by atomic mass is 16.5. The Morgan fingerprint density at radius 3 is 2.67 bits per heavy atom. The summed E-state index contributed by atoms with van der Waals surface area (Å²) in [5.41, 5.74) is 1.57. The third-order valence-electron chi connectivity index (χ3n) is 6.15. The molecule has 160 valence electrons. The maximum Gasteiger partial charge on any atom is 0.257 e. The Bertz CT molecular complexity index is 891. The average molecular weight is 412 g/mol. The second-order valence-corrected chi connectivity index (χ2v) is 8.23. The van der Waals surface area contributed by atoms with Crippen molar-refractivity contribution in [1.82, 2.24) is 29.5 Å². The Labute approximate surface area is 176 Å². The molecular formula is C21H28N6O3. The number of carbonyl (C=O) groups excluding carboxylic acids is 2. The lowest BCUT2D eigenvalue weighted by Gasteiger charge is -2.34. The topological polar surface area (TPSA) is 93.4 Å². The lowest BCUT2D eigenvalue weighted by atomic mass is 9.95. The zero-order valence-corrected chi connectivity index (χ0v) is 17.5. The zero-order chi connectivity index (χ0) is 21.1. The molecule has 2 aliphatic heterocycles. The fraction of sp³-hybridized carbons (Fsp3) is 0.571. The summed E-state index contributed by atoms with van der Waals surface area (Å²) < 4.78 is 7.39. The Morgan fingerprint density at radius 1 is 1.20 bits per heavy atom. The minimum absolute atomic E-state index is 0.0533. The molecule has 2 saturated heterocycles. The van der Waals surface area contributed by atoms with Crippen molar-refractivity contribution in [1.29, 1.82) is 0 Å². The van der Waals surface area contributed by atoms with E-state index in [1.54, 1.807) is 29.5 Å². The highest BCUT2D eigenvalue weighted by Gasteiger charge is 2.33. The number of amides is 2. The first-order chi connectivity index (χ1) is 14.5. The number of rotatable bonds is 6. The molecule has 9 heteroatoms. The molecule has 0 spiro atoms. The first-order valence-corrected chi connectivity index (χ1v) is 10.5. The van der Waals surface area contributed by atoms with Gasteiger partial charge in [0.1, 0.15) is 0 Å².